The number of nitrogens with one attached hydrogen (secondary N) is 1. The van der Waals surface area contributed by atoms with E-state index in [1.54, 1.807) is 9.91 Å². The Labute approximate surface area is 201 Å². The van der Waals surface area contributed by atoms with E-state index in [2.05, 4.69) is 28.5 Å². The van der Waals surface area contributed by atoms with Gasteiger partial charge < -0.3 is 5.32 Å². The molecule has 0 aromatic heterocycles. The average Bonchev–Trinajstić information content (AvgIpc) is 3.31. The number of carbonyl (C=O) groups is 1. The van der Waals surface area contributed by atoms with E-state index >= 15 is 0 Å². The second-order valence-corrected chi connectivity index (χ2v) is 9.95. The minimum Gasteiger partial charge on any atom is -0.372 e. The summed E-state index contributed by atoms with van der Waals surface area (Å²) in [6.07, 6.45) is 13.5. The first kappa shape index (κ1) is 22.8. The molecule has 6 nitrogen and oxygen atoms in total. The fourth-order valence-electron chi connectivity index (χ4n) is 5.42. The molecule has 0 spiro atoms. The van der Waals surface area contributed by atoms with Crippen LogP contribution in [0.1, 0.15) is 64.4 Å². The Morgan fingerprint density at radius 2 is 2.03 bits per heavy atom. The van der Waals surface area contributed by atoms with Crippen LogP contribution >= 0.6 is 0 Å². The van der Waals surface area contributed by atoms with Gasteiger partial charge in [-0.25, -0.2) is 14.2 Å². The van der Waals surface area contributed by atoms with Gasteiger partial charge in [0.15, 0.2) is 0 Å². The van der Waals surface area contributed by atoms with E-state index in [-0.39, 0.29) is 23.9 Å². The lowest BCUT2D eigenvalue weighted by atomic mass is 9.82. The van der Waals surface area contributed by atoms with Gasteiger partial charge in [-0.2, -0.15) is 5.10 Å². The molecule has 2 aliphatic heterocycles. The highest BCUT2D eigenvalue weighted by Gasteiger charge is 2.37. The van der Waals surface area contributed by atoms with Crippen LogP contribution in [0.4, 0.5) is 14.9 Å². The van der Waals surface area contributed by atoms with Gasteiger partial charge in [0.1, 0.15) is 11.7 Å². The molecule has 1 fully saturated rings. The van der Waals surface area contributed by atoms with Gasteiger partial charge in [-0.3, -0.25) is 9.89 Å². The second kappa shape index (κ2) is 9.72. The van der Waals surface area contributed by atoms with Crippen molar-refractivity contribution in [1.29, 1.82) is 0 Å². The minimum atomic E-state index is -0.334. The minimum absolute atomic E-state index is 0.0992. The largest absolute Gasteiger partial charge is 0.372 e. The number of fused-ring (bicyclic) bond motifs is 1. The van der Waals surface area contributed by atoms with Gasteiger partial charge in [0.2, 0.25) is 0 Å². The Hall–Kier alpha value is -2.96. The van der Waals surface area contributed by atoms with Crippen molar-refractivity contribution in [1.82, 2.24) is 10.3 Å². The molecule has 4 aliphatic rings. The van der Waals surface area contributed by atoms with Crippen LogP contribution in [0, 0.1) is 11.7 Å². The first-order valence-corrected chi connectivity index (χ1v) is 12.7. The second-order valence-electron chi connectivity index (χ2n) is 9.95. The molecule has 1 saturated carbocycles. The summed E-state index contributed by atoms with van der Waals surface area (Å²) in [5, 5.41) is 9.87. The summed E-state index contributed by atoms with van der Waals surface area (Å²) >= 11 is 0. The number of hydrogen-bond acceptors (Lipinski definition) is 4. The first-order chi connectivity index (χ1) is 16.5. The summed E-state index contributed by atoms with van der Waals surface area (Å²) in [6.45, 7) is 5.69. The van der Waals surface area contributed by atoms with Gasteiger partial charge in [-0.1, -0.05) is 37.5 Å². The fourth-order valence-corrected chi connectivity index (χ4v) is 5.42. The molecule has 1 aromatic carbocycles. The van der Waals surface area contributed by atoms with Crippen molar-refractivity contribution in [2.45, 2.75) is 70.9 Å². The monoisotopic (exact) mass is 463 g/mol. The van der Waals surface area contributed by atoms with E-state index in [9.17, 15) is 9.18 Å². The van der Waals surface area contributed by atoms with Crippen LogP contribution in [0.15, 0.2) is 52.1 Å². The highest BCUT2D eigenvalue weighted by atomic mass is 19.1. The van der Waals surface area contributed by atoms with Crippen LogP contribution in [0.5, 0.6) is 0 Å². The number of allylic oxidation sites excluding steroid dienone is 1. The Kier molecular flexibility index (Phi) is 6.53. The summed E-state index contributed by atoms with van der Waals surface area (Å²) < 4.78 is 14.6. The molecule has 5 rings (SSSR count). The molecule has 180 valence electrons. The lowest BCUT2D eigenvalue weighted by Gasteiger charge is -2.34. The quantitative estimate of drug-likeness (QED) is 0.635. The SMILES string of the molecule is CC(C)N1N=C(C2CCCCC2)c2ccc(F)cc2N(C2C=CC(CC3=NCCN3)=CC2)C1=O. The summed E-state index contributed by atoms with van der Waals surface area (Å²) in [5.41, 5.74) is 3.63. The highest BCUT2D eigenvalue weighted by Crippen LogP contribution is 2.37. The number of rotatable bonds is 5. The van der Waals surface area contributed by atoms with Crippen molar-refractivity contribution in [2.75, 3.05) is 18.0 Å². The van der Waals surface area contributed by atoms with Gasteiger partial charge in [-0.05, 0) is 56.9 Å². The Bertz CT molecular complexity index is 1070. The van der Waals surface area contributed by atoms with E-state index in [1.807, 2.05) is 19.9 Å². The summed E-state index contributed by atoms with van der Waals surface area (Å²) in [6, 6.07) is 4.34. The standard InChI is InChI=1S/C27H34FN5O/c1-18(2)33-27(34)32(22-11-8-19(9-12-22)16-25-29-14-15-30-25)24-17-21(28)10-13-23(24)26(31-33)20-6-4-3-5-7-20/h8-11,13,17-18,20,22H,3-7,12,14-16H2,1-2H3,(H,29,30). The van der Waals surface area contributed by atoms with Crippen LogP contribution in [-0.4, -0.2) is 47.8 Å². The maximum Gasteiger partial charge on any atom is 0.345 e. The molecule has 0 radical (unpaired) electrons. The van der Waals surface area contributed by atoms with E-state index in [4.69, 9.17) is 5.10 Å². The lowest BCUT2D eigenvalue weighted by Crippen LogP contribution is -2.48. The van der Waals surface area contributed by atoms with Gasteiger partial charge in [0.25, 0.3) is 0 Å². The number of urea groups is 1. The molecule has 2 aliphatic carbocycles. The number of hydrazone groups is 1. The number of amides is 2. The van der Waals surface area contributed by atoms with Crippen molar-refractivity contribution in [2.24, 2.45) is 16.0 Å². The van der Waals surface area contributed by atoms with E-state index < -0.39 is 0 Å². The zero-order valence-corrected chi connectivity index (χ0v) is 20.1. The maximum atomic E-state index is 14.6. The number of nitrogens with zero attached hydrogens (tertiary/aromatic N) is 4. The first-order valence-electron chi connectivity index (χ1n) is 12.7. The number of aliphatic imine (C=N–C) groups is 1. The molecule has 1 unspecified atom stereocenters. The van der Waals surface area contributed by atoms with Gasteiger partial charge in [-0.15, -0.1) is 0 Å². The van der Waals surface area contributed by atoms with Crippen LogP contribution in [0.3, 0.4) is 0 Å². The number of benzene rings is 1. The summed E-state index contributed by atoms with van der Waals surface area (Å²) in [5.74, 6) is 0.975. The van der Waals surface area contributed by atoms with Crippen LogP contribution in [-0.2, 0) is 0 Å². The van der Waals surface area contributed by atoms with E-state index in [0.717, 1.165) is 49.5 Å². The van der Waals surface area contributed by atoms with Crippen LogP contribution in [0.2, 0.25) is 0 Å². The van der Waals surface area contributed by atoms with E-state index in [0.29, 0.717) is 18.0 Å². The van der Waals surface area contributed by atoms with Crippen LogP contribution < -0.4 is 10.2 Å². The molecular formula is C27H34FN5O. The maximum absolute atomic E-state index is 14.6. The van der Waals surface area contributed by atoms with Gasteiger partial charge in [0.05, 0.1) is 30.0 Å². The van der Waals surface area contributed by atoms with Crippen molar-refractivity contribution >= 4 is 23.3 Å². The zero-order valence-electron chi connectivity index (χ0n) is 20.1. The highest BCUT2D eigenvalue weighted by molar-refractivity contribution is 6.12. The third-order valence-corrected chi connectivity index (χ3v) is 7.19. The number of carbonyl (C=O) groups excluding carboxylic acids is 1. The molecule has 2 heterocycles. The van der Waals surface area contributed by atoms with Crippen molar-refractivity contribution in [3.63, 3.8) is 0 Å². The van der Waals surface area contributed by atoms with Crippen molar-refractivity contribution in [3.8, 4) is 0 Å². The molecule has 0 saturated heterocycles. The number of amidine groups is 1. The molecule has 7 heteroatoms. The van der Waals surface area contributed by atoms with Crippen LogP contribution in [0.25, 0.3) is 0 Å². The zero-order chi connectivity index (χ0) is 23.7. The van der Waals surface area contributed by atoms with E-state index in [1.165, 1.54) is 37.0 Å². The molecule has 2 amide bonds. The third kappa shape index (κ3) is 4.52. The lowest BCUT2D eigenvalue weighted by molar-refractivity contribution is 0.191. The smallest absolute Gasteiger partial charge is 0.345 e. The average molecular weight is 464 g/mol. The van der Waals surface area contributed by atoms with Crippen molar-refractivity contribution in [3.05, 3.63) is 53.4 Å². The topological polar surface area (TPSA) is 60.3 Å². The number of hydrogen-bond donors (Lipinski definition) is 1. The van der Waals surface area contributed by atoms with Gasteiger partial charge in [0, 0.05) is 24.4 Å². The summed E-state index contributed by atoms with van der Waals surface area (Å²) in [4.78, 5) is 20.1. The number of halogens is 1. The third-order valence-electron chi connectivity index (χ3n) is 7.19. The number of anilines is 1. The molecule has 1 aromatic rings. The Morgan fingerprint density at radius 1 is 1.21 bits per heavy atom. The Balaban J connectivity index is 1.50. The molecule has 1 N–H and O–H groups in total. The fraction of sp³-hybridized carbons (Fsp3) is 0.519. The normalized spacial score (nSPS) is 23.4. The summed E-state index contributed by atoms with van der Waals surface area (Å²) in [7, 11) is 0. The van der Waals surface area contributed by atoms with Crippen molar-refractivity contribution < 1.29 is 9.18 Å². The molecule has 0 bridgehead atoms. The van der Waals surface area contributed by atoms with Gasteiger partial charge >= 0.3 is 6.03 Å². The predicted octanol–water partition coefficient (Wildman–Crippen LogP) is 5.41. The Morgan fingerprint density at radius 3 is 2.71 bits per heavy atom. The molecule has 1 atom stereocenters. The molecule has 34 heavy (non-hydrogen) atoms. The molecular weight excluding hydrogens is 429 g/mol. The predicted molar refractivity (Wildman–Crippen MR) is 135 cm³/mol.